The van der Waals surface area contributed by atoms with E-state index in [2.05, 4.69) is 9.47 Å². The largest absolute Gasteiger partial charge is 0.497 e. The van der Waals surface area contributed by atoms with Crippen LogP contribution in [0.15, 0.2) is 0 Å². The van der Waals surface area contributed by atoms with E-state index in [4.69, 9.17) is 0 Å². The predicted octanol–water partition coefficient (Wildman–Crippen LogP) is 1.48. The van der Waals surface area contributed by atoms with Crippen LogP contribution in [-0.4, -0.2) is 19.1 Å². The minimum absolute atomic E-state index is 0.0515. The maximum atomic E-state index is 11.2. The first-order chi connectivity index (χ1) is 4.13. The predicted molar refractivity (Wildman–Crippen MR) is 28.7 cm³/mol. The Kier molecular flexibility index (Phi) is 3.96. The molecule has 0 saturated heterocycles. The number of carbonyl (C=O) groups is 1. The molecular formula is C5H9FO3. The molecule has 0 radical (unpaired) electrons. The lowest BCUT2D eigenvalue weighted by molar-refractivity contribution is -0.0503. The van der Waals surface area contributed by atoms with E-state index in [0.717, 1.165) is 0 Å². The van der Waals surface area contributed by atoms with E-state index in [0.29, 0.717) is 0 Å². The summed E-state index contributed by atoms with van der Waals surface area (Å²) in [7, 11) is 0. The van der Waals surface area contributed by atoms with Crippen LogP contribution in [-0.2, 0) is 9.47 Å². The van der Waals surface area contributed by atoms with Crippen molar-refractivity contribution in [2.45, 2.75) is 20.0 Å². The van der Waals surface area contributed by atoms with E-state index in [1.165, 1.54) is 0 Å². The molecule has 0 fully saturated rings. The maximum Gasteiger partial charge on any atom is 0.497 e. The molecule has 3 nitrogen and oxygen atoms in total. The molecule has 0 rings (SSSR count). The van der Waals surface area contributed by atoms with Crippen LogP contribution in [0.25, 0.3) is 0 Å². The van der Waals surface area contributed by atoms with Gasteiger partial charge in [0.15, 0.2) is 6.79 Å². The Hall–Kier alpha value is -0.640. The smallest absolute Gasteiger partial charge is 0.413 e. The molecule has 9 heavy (non-hydrogen) atoms. The van der Waals surface area contributed by atoms with E-state index in [9.17, 15) is 9.18 Å². The first kappa shape index (κ1) is 8.36. The summed E-state index contributed by atoms with van der Waals surface area (Å²) in [6.07, 6.45) is -1.86. The molecule has 0 unspecified atom stereocenters. The molecule has 0 saturated carbocycles. The van der Waals surface area contributed by atoms with Crippen molar-refractivity contribution in [2.75, 3.05) is 6.79 Å². The third-order valence-electron chi connectivity index (χ3n) is 0.574. The molecule has 0 N–H and O–H groups in total. The van der Waals surface area contributed by atoms with Gasteiger partial charge in [-0.15, -0.1) is 4.39 Å². The molecule has 0 bridgehead atoms. The van der Waals surface area contributed by atoms with Crippen LogP contribution < -0.4 is 0 Å². The normalized spacial score (nSPS) is 9.78. The van der Waals surface area contributed by atoms with Crippen LogP contribution in [0.1, 0.15) is 13.8 Å². The number of hydrogen-bond acceptors (Lipinski definition) is 3. The van der Waals surface area contributed by atoms with Gasteiger partial charge in [-0.3, -0.25) is 0 Å². The van der Waals surface area contributed by atoms with Gasteiger partial charge < -0.3 is 9.47 Å². The van der Waals surface area contributed by atoms with Crippen LogP contribution in [0.2, 0.25) is 0 Å². The average molecular weight is 136 g/mol. The van der Waals surface area contributed by atoms with E-state index in [1.54, 1.807) is 13.8 Å². The van der Waals surface area contributed by atoms with Gasteiger partial charge >= 0.3 is 6.22 Å². The summed E-state index contributed by atoms with van der Waals surface area (Å²) >= 11 is 0. The Bertz CT molecular complexity index is 92.2. The molecule has 0 aliphatic carbocycles. The van der Waals surface area contributed by atoms with Crippen molar-refractivity contribution < 1.29 is 18.7 Å². The number of ether oxygens (including phenoxy) is 2. The van der Waals surface area contributed by atoms with Crippen molar-refractivity contribution >= 4 is 6.22 Å². The standard InChI is InChI=1S/C5H9FO3/c1-4(2)8-3-9-5(6)7/h4H,3H2,1-2H3. The first-order valence-electron chi connectivity index (χ1n) is 2.56. The topological polar surface area (TPSA) is 35.5 Å². The van der Waals surface area contributed by atoms with Crippen molar-refractivity contribution in [1.82, 2.24) is 0 Å². The van der Waals surface area contributed by atoms with Crippen molar-refractivity contribution in [3.63, 3.8) is 0 Å². The van der Waals surface area contributed by atoms with Crippen molar-refractivity contribution in [2.24, 2.45) is 0 Å². The minimum atomic E-state index is -1.81. The van der Waals surface area contributed by atoms with Gasteiger partial charge in [0, 0.05) is 0 Å². The second-order valence-electron chi connectivity index (χ2n) is 1.72. The van der Waals surface area contributed by atoms with Gasteiger partial charge in [0.25, 0.3) is 0 Å². The van der Waals surface area contributed by atoms with Crippen LogP contribution in [0.3, 0.4) is 0 Å². The van der Waals surface area contributed by atoms with Crippen LogP contribution >= 0.6 is 0 Å². The lowest BCUT2D eigenvalue weighted by atomic mass is 10.5. The fraction of sp³-hybridized carbons (Fsp3) is 0.800. The zero-order chi connectivity index (χ0) is 7.28. The fourth-order valence-corrected chi connectivity index (χ4v) is 0.216. The van der Waals surface area contributed by atoms with E-state index >= 15 is 0 Å². The second kappa shape index (κ2) is 4.26. The summed E-state index contributed by atoms with van der Waals surface area (Å²) in [5.41, 5.74) is 0. The van der Waals surface area contributed by atoms with Gasteiger partial charge in [-0.1, -0.05) is 0 Å². The SMILES string of the molecule is CC(C)OCOC(=O)F. The van der Waals surface area contributed by atoms with Gasteiger partial charge in [0.05, 0.1) is 6.10 Å². The maximum absolute atomic E-state index is 11.2. The van der Waals surface area contributed by atoms with Crippen molar-refractivity contribution in [3.05, 3.63) is 0 Å². The molecule has 54 valence electrons. The number of hydrogen-bond donors (Lipinski definition) is 0. The third kappa shape index (κ3) is 7.36. The summed E-state index contributed by atoms with van der Waals surface area (Å²) in [4.78, 5) is 9.46. The van der Waals surface area contributed by atoms with E-state index in [-0.39, 0.29) is 12.9 Å². The summed E-state index contributed by atoms with van der Waals surface area (Å²) in [5.74, 6) is 0. The Morgan fingerprint density at radius 3 is 2.56 bits per heavy atom. The van der Waals surface area contributed by atoms with Crippen molar-refractivity contribution in [3.8, 4) is 0 Å². The first-order valence-corrected chi connectivity index (χ1v) is 2.56. The Labute approximate surface area is 52.8 Å². The molecule has 0 aromatic rings. The molecule has 0 heterocycles. The molecule has 0 spiro atoms. The third-order valence-corrected chi connectivity index (χ3v) is 0.574. The molecule has 4 heteroatoms. The molecule has 0 aliphatic rings. The van der Waals surface area contributed by atoms with Crippen LogP contribution in [0.5, 0.6) is 0 Å². The number of carbonyl (C=O) groups excluding carboxylic acids is 1. The number of halogens is 1. The zero-order valence-corrected chi connectivity index (χ0v) is 5.39. The van der Waals surface area contributed by atoms with Crippen molar-refractivity contribution in [1.29, 1.82) is 0 Å². The van der Waals surface area contributed by atoms with Gasteiger partial charge in [0.1, 0.15) is 0 Å². The molecule has 0 aliphatic heterocycles. The summed E-state index contributed by atoms with van der Waals surface area (Å²) in [5, 5.41) is 0. The zero-order valence-electron chi connectivity index (χ0n) is 5.39. The highest BCUT2D eigenvalue weighted by Gasteiger charge is 1.97. The molecule has 0 amide bonds. The van der Waals surface area contributed by atoms with Gasteiger partial charge in [-0.25, -0.2) is 4.79 Å². The summed E-state index contributed by atoms with van der Waals surface area (Å²) < 4.78 is 19.7. The van der Waals surface area contributed by atoms with Gasteiger partial charge in [-0.05, 0) is 13.8 Å². The lowest BCUT2D eigenvalue weighted by Crippen LogP contribution is -2.08. The van der Waals surface area contributed by atoms with Gasteiger partial charge in [0.2, 0.25) is 0 Å². The minimum Gasteiger partial charge on any atom is -0.413 e. The average Bonchev–Trinajstić information content (AvgIpc) is 1.63. The Morgan fingerprint density at radius 1 is 1.67 bits per heavy atom. The Balaban J connectivity index is 3.01. The molecule has 0 aromatic carbocycles. The second-order valence-corrected chi connectivity index (χ2v) is 1.72. The lowest BCUT2D eigenvalue weighted by Gasteiger charge is -2.04. The number of rotatable bonds is 3. The molecule has 0 atom stereocenters. The van der Waals surface area contributed by atoms with E-state index < -0.39 is 6.22 Å². The fourth-order valence-electron chi connectivity index (χ4n) is 0.216. The van der Waals surface area contributed by atoms with E-state index in [1.807, 2.05) is 0 Å². The van der Waals surface area contributed by atoms with Crippen LogP contribution in [0, 0.1) is 0 Å². The van der Waals surface area contributed by atoms with Crippen LogP contribution in [0.4, 0.5) is 9.18 Å². The highest BCUT2D eigenvalue weighted by atomic mass is 19.1. The summed E-state index contributed by atoms with van der Waals surface area (Å²) in [6, 6.07) is 0. The molecule has 0 aromatic heterocycles. The molecular weight excluding hydrogens is 127 g/mol. The highest BCUT2D eigenvalue weighted by molar-refractivity contribution is 5.57. The highest BCUT2D eigenvalue weighted by Crippen LogP contribution is 1.89. The summed E-state index contributed by atoms with van der Waals surface area (Å²) in [6.45, 7) is 3.20. The monoisotopic (exact) mass is 136 g/mol. The van der Waals surface area contributed by atoms with Gasteiger partial charge in [-0.2, -0.15) is 0 Å². The quantitative estimate of drug-likeness (QED) is 0.435. The Morgan fingerprint density at radius 2 is 2.22 bits per heavy atom.